The smallest absolute Gasteiger partial charge is 0.264 e. The highest BCUT2D eigenvalue weighted by molar-refractivity contribution is 7.80. The third-order valence-electron chi connectivity index (χ3n) is 3.79. The van der Waals surface area contributed by atoms with Crippen LogP contribution in [-0.2, 0) is 9.59 Å². The summed E-state index contributed by atoms with van der Waals surface area (Å²) >= 11 is 10.1. The maximum Gasteiger partial charge on any atom is 0.264 e. The van der Waals surface area contributed by atoms with Gasteiger partial charge in [-0.1, -0.05) is 6.07 Å². The number of benzene rings is 2. The van der Waals surface area contributed by atoms with E-state index in [2.05, 4.69) is 21.3 Å². The standard InChI is InChI=1S/C20H22N4O3S2/c1-12-4-9-17(10-13(12)2)27-11-18(26)24-20(29)23-16-7-5-15(6-8-16)22-19(28)21-14(3)25/h4-10H,11H2,1-3H3,(H2,21,22,25,28)(H2,23,24,26,29). The molecule has 2 rings (SSSR count). The van der Waals surface area contributed by atoms with Crippen molar-refractivity contribution in [1.29, 1.82) is 0 Å². The Morgan fingerprint density at radius 1 is 0.862 bits per heavy atom. The van der Waals surface area contributed by atoms with Crippen molar-refractivity contribution in [2.45, 2.75) is 20.8 Å². The van der Waals surface area contributed by atoms with E-state index in [0.717, 1.165) is 11.1 Å². The summed E-state index contributed by atoms with van der Waals surface area (Å²) in [4.78, 5) is 23.0. The number of carbonyl (C=O) groups is 2. The third-order valence-corrected chi connectivity index (χ3v) is 4.20. The first kappa shape index (κ1) is 22.3. The highest BCUT2D eigenvalue weighted by Crippen LogP contribution is 2.16. The van der Waals surface area contributed by atoms with Crippen molar-refractivity contribution in [2.75, 3.05) is 17.2 Å². The van der Waals surface area contributed by atoms with Crippen molar-refractivity contribution in [2.24, 2.45) is 0 Å². The molecule has 0 saturated heterocycles. The van der Waals surface area contributed by atoms with Crippen LogP contribution >= 0.6 is 24.4 Å². The van der Waals surface area contributed by atoms with Crippen LogP contribution in [-0.4, -0.2) is 28.6 Å². The number of ether oxygens (including phenoxy) is 1. The molecule has 0 aromatic heterocycles. The first-order chi connectivity index (χ1) is 13.7. The zero-order valence-electron chi connectivity index (χ0n) is 16.3. The number of thiocarbonyl (C=S) groups is 2. The lowest BCUT2D eigenvalue weighted by Crippen LogP contribution is -2.37. The minimum absolute atomic E-state index is 0.145. The van der Waals surface area contributed by atoms with Crippen LogP contribution in [0.1, 0.15) is 18.1 Å². The van der Waals surface area contributed by atoms with Gasteiger partial charge < -0.3 is 20.7 Å². The summed E-state index contributed by atoms with van der Waals surface area (Å²) in [6.45, 7) is 5.22. The van der Waals surface area contributed by atoms with Crippen molar-refractivity contribution < 1.29 is 14.3 Å². The molecule has 4 N–H and O–H groups in total. The van der Waals surface area contributed by atoms with Gasteiger partial charge in [0.05, 0.1) is 0 Å². The van der Waals surface area contributed by atoms with Gasteiger partial charge >= 0.3 is 0 Å². The Morgan fingerprint density at radius 3 is 1.93 bits per heavy atom. The number of aryl methyl sites for hydroxylation is 2. The Balaban J connectivity index is 1.79. The SMILES string of the molecule is CC(=O)NC(=S)Nc1ccc(NC(=S)NC(=O)COc2ccc(C)c(C)c2)cc1. The number of hydrogen-bond acceptors (Lipinski definition) is 5. The molecule has 0 saturated carbocycles. The molecule has 0 heterocycles. The van der Waals surface area contributed by atoms with E-state index in [1.165, 1.54) is 6.92 Å². The van der Waals surface area contributed by atoms with Crippen molar-refractivity contribution in [3.63, 3.8) is 0 Å². The number of rotatable bonds is 5. The van der Waals surface area contributed by atoms with E-state index in [1.54, 1.807) is 24.3 Å². The van der Waals surface area contributed by atoms with E-state index >= 15 is 0 Å². The Bertz CT molecular complexity index is 930. The van der Waals surface area contributed by atoms with E-state index in [1.807, 2.05) is 32.0 Å². The minimum atomic E-state index is -0.361. The lowest BCUT2D eigenvalue weighted by molar-refractivity contribution is -0.121. The number of hydrogen-bond donors (Lipinski definition) is 4. The zero-order chi connectivity index (χ0) is 21.4. The molecule has 2 aromatic carbocycles. The van der Waals surface area contributed by atoms with Crippen LogP contribution in [0.2, 0.25) is 0 Å². The van der Waals surface area contributed by atoms with Gasteiger partial charge in [0.2, 0.25) is 5.91 Å². The monoisotopic (exact) mass is 430 g/mol. The highest BCUT2D eigenvalue weighted by atomic mass is 32.1. The molecule has 0 radical (unpaired) electrons. The van der Waals surface area contributed by atoms with Crippen LogP contribution in [0.5, 0.6) is 5.75 Å². The predicted molar refractivity (Wildman–Crippen MR) is 122 cm³/mol. The molecule has 0 aliphatic carbocycles. The topological polar surface area (TPSA) is 91.5 Å². The normalized spacial score (nSPS) is 9.90. The first-order valence-electron chi connectivity index (χ1n) is 8.72. The van der Waals surface area contributed by atoms with Crippen LogP contribution in [0.25, 0.3) is 0 Å². The zero-order valence-corrected chi connectivity index (χ0v) is 17.9. The fraction of sp³-hybridized carbons (Fsp3) is 0.200. The van der Waals surface area contributed by atoms with Crippen LogP contribution < -0.4 is 26.0 Å². The third kappa shape index (κ3) is 7.84. The van der Waals surface area contributed by atoms with Gasteiger partial charge in [-0.3, -0.25) is 14.9 Å². The van der Waals surface area contributed by atoms with Gasteiger partial charge in [-0.05, 0) is 85.8 Å². The maximum absolute atomic E-state index is 12.0. The molecule has 2 amide bonds. The molecule has 0 fully saturated rings. The fourth-order valence-corrected chi connectivity index (χ4v) is 2.73. The Hall–Kier alpha value is -3.04. The van der Waals surface area contributed by atoms with E-state index in [9.17, 15) is 9.59 Å². The number of anilines is 2. The minimum Gasteiger partial charge on any atom is -0.484 e. The predicted octanol–water partition coefficient (Wildman–Crippen LogP) is 3.03. The highest BCUT2D eigenvalue weighted by Gasteiger charge is 2.07. The van der Waals surface area contributed by atoms with Crippen molar-refractivity contribution in [3.8, 4) is 5.75 Å². The van der Waals surface area contributed by atoms with E-state index < -0.39 is 0 Å². The number of carbonyl (C=O) groups excluding carboxylic acids is 2. The molecule has 9 heteroatoms. The van der Waals surface area contributed by atoms with Gasteiger partial charge in [-0.2, -0.15) is 0 Å². The average Bonchev–Trinajstić information content (AvgIpc) is 2.63. The quantitative estimate of drug-likeness (QED) is 0.542. The van der Waals surface area contributed by atoms with Crippen LogP contribution in [0.4, 0.5) is 11.4 Å². The molecular weight excluding hydrogens is 408 g/mol. The fourth-order valence-electron chi connectivity index (χ4n) is 2.24. The molecule has 29 heavy (non-hydrogen) atoms. The molecule has 0 spiro atoms. The van der Waals surface area contributed by atoms with Gasteiger partial charge in [-0.15, -0.1) is 0 Å². The lowest BCUT2D eigenvalue weighted by atomic mass is 10.1. The van der Waals surface area contributed by atoms with E-state index in [-0.39, 0.29) is 28.6 Å². The van der Waals surface area contributed by atoms with Crippen LogP contribution in [0.15, 0.2) is 42.5 Å². The number of nitrogens with one attached hydrogen (secondary N) is 4. The van der Waals surface area contributed by atoms with E-state index in [4.69, 9.17) is 29.2 Å². The largest absolute Gasteiger partial charge is 0.484 e. The average molecular weight is 431 g/mol. The van der Waals surface area contributed by atoms with Gasteiger partial charge in [0.15, 0.2) is 16.8 Å². The molecule has 0 aliphatic rings. The second-order valence-electron chi connectivity index (χ2n) is 6.25. The molecule has 2 aromatic rings. The van der Waals surface area contributed by atoms with E-state index in [0.29, 0.717) is 17.1 Å². The lowest BCUT2D eigenvalue weighted by Gasteiger charge is -2.12. The summed E-state index contributed by atoms with van der Waals surface area (Å²) in [5.41, 5.74) is 3.63. The van der Waals surface area contributed by atoms with Crippen molar-refractivity contribution >= 4 is 57.8 Å². The molecule has 0 aliphatic heterocycles. The Kier molecular flexibility index (Phi) is 8.05. The molecule has 0 unspecified atom stereocenters. The maximum atomic E-state index is 12.0. The summed E-state index contributed by atoms with van der Waals surface area (Å²) in [7, 11) is 0. The first-order valence-corrected chi connectivity index (χ1v) is 9.54. The molecular formula is C20H22N4O3S2. The summed E-state index contributed by atoms with van der Waals surface area (Å²) < 4.78 is 5.48. The summed E-state index contributed by atoms with van der Waals surface area (Å²) in [5, 5.41) is 11.2. The van der Waals surface area contributed by atoms with Crippen molar-refractivity contribution in [3.05, 3.63) is 53.6 Å². The molecule has 0 atom stereocenters. The molecule has 0 bridgehead atoms. The summed E-state index contributed by atoms with van der Waals surface area (Å²) in [5.74, 6) is 0.0189. The van der Waals surface area contributed by atoms with Crippen molar-refractivity contribution in [1.82, 2.24) is 10.6 Å². The van der Waals surface area contributed by atoms with Gasteiger partial charge in [0.1, 0.15) is 5.75 Å². The van der Waals surface area contributed by atoms with Crippen LogP contribution in [0.3, 0.4) is 0 Å². The van der Waals surface area contributed by atoms with Gasteiger partial charge in [0, 0.05) is 18.3 Å². The second kappa shape index (κ2) is 10.5. The summed E-state index contributed by atoms with van der Waals surface area (Å²) in [6, 6.07) is 12.7. The Morgan fingerprint density at radius 2 is 1.41 bits per heavy atom. The summed E-state index contributed by atoms with van der Waals surface area (Å²) in [6.07, 6.45) is 0. The molecule has 7 nitrogen and oxygen atoms in total. The van der Waals surface area contributed by atoms with Crippen LogP contribution in [0, 0.1) is 13.8 Å². The Labute approximate surface area is 180 Å². The van der Waals surface area contributed by atoms with Gasteiger partial charge in [-0.25, -0.2) is 0 Å². The number of amides is 2. The van der Waals surface area contributed by atoms with Gasteiger partial charge in [0.25, 0.3) is 5.91 Å². The second-order valence-corrected chi connectivity index (χ2v) is 7.07. The molecule has 152 valence electrons.